The van der Waals surface area contributed by atoms with Gasteiger partial charge in [-0.2, -0.15) is 0 Å². The van der Waals surface area contributed by atoms with Crippen LogP contribution in [0.2, 0.25) is 0 Å². The molecule has 1 heterocycles. The van der Waals surface area contributed by atoms with E-state index in [-0.39, 0.29) is 5.41 Å². The van der Waals surface area contributed by atoms with E-state index in [1.807, 2.05) is 24.3 Å². The van der Waals surface area contributed by atoms with Crippen LogP contribution in [0.5, 0.6) is 0 Å². The van der Waals surface area contributed by atoms with Gasteiger partial charge in [0.15, 0.2) is 0 Å². The number of aromatic nitrogens is 2. The predicted molar refractivity (Wildman–Crippen MR) is 80.9 cm³/mol. The monoisotopic (exact) mass is 278 g/mol. The van der Waals surface area contributed by atoms with E-state index >= 15 is 0 Å². The number of H-pyrrole nitrogens is 1. The Morgan fingerprint density at radius 1 is 0.952 bits per heavy atom. The summed E-state index contributed by atoms with van der Waals surface area (Å²) < 4.78 is 13.6. The van der Waals surface area contributed by atoms with Crippen LogP contribution in [0, 0.1) is 0 Å². The van der Waals surface area contributed by atoms with E-state index in [0.29, 0.717) is 19.3 Å². The molecule has 2 bridgehead atoms. The first kappa shape index (κ1) is 11.5. The molecule has 3 aliphatic rings. The third-order valence-electron chi connectivity index (χ3n) is 5.13. The Bertz CT molecular complexity index is 794. The van der Waals surface area contributed by atoms with Crippen molar-refractivity contribution in [3.05, 3.63) is 54.1 Å². The van der Waals surface area contributed by atoms with Gasteiger partial charge in [0.1, 0.15) is 11.5 Å². The van der Waals surface area contributed by atoms with E-state index in [1.165, 1.54) is 5.56 Å². The van der Waals surface area contributed by atoms with Gasteiger partial charge in [0.25, 0.3) is 0 Å². The fourth-order valence-corrected chi connectivity index (χ4v) is 4.04. The van der Waals surface area contributed by atoms with Gasteiger partial charge in [-0.15, -0.1) is 0 Å². The first-order valence-corrected chi connectivity index (χ1v) is 7.41. The van der Waals surface area contributed by atoms with E-state index in [1.54, 1.807) is 0 Å². The fraction of sp³-hybridized carbons (Fsp3) is 0.278. The molecule has 1 aromatic heterocycles. The Labute approximate surface area is 122 Å². The van der Waals surface area contributed by atoms with Crippen LogP contribution in [0.15, 0.2) is 48.5 Å². The van der Waals surface area contributed by atoms with Crippen molar-refractivity contribution in [1.29, 1.82) is 0 Å². The van der Waals surface area contributed by atoms with Gasteiger partial charge < -0.3 is 4.98 Å². The summed E-state index contributed by atoms with van der Waals surface area (Å²) >= 11 is 0. The molecule has 104 valence electrons. The van der Waals surface area contributed by atoms with Crippen molar-refractivity contribution in [3.8, 4) is 11.4 Å². The number of halogens is 1. The van der Waals surface area contributed by atoms with Crippen molar-refractivity contribution < 1.29 is 4.39 Å². The van der Waals surface area contributed by atoms with Crippen molar-refractivity contribution in [2.45, 2.75) is 30.3 Å². The Kier molecular flexibility index (Phi) is 1.93. The number of nitrogens with zero attached hydrogens (tertiary/aromatic N) is 1. The second-order valence-electron chi connectivity index (χ2n) is 6.64. The molecule has 3 heteroatoms. The lowest BCUT2D eigenvalue weighted by Crippen LogP contribution is -2.67. The minimum Gasteiger partial charge on any atom is -0.338 e. The smallest absolute Gasteiger partial charge is 0.138 e. The summed E-state index contributed by atoms with van der Waals surface area (Å²) in [7, 11) is 0. The van der Waals surface area contributed by atoms with Crippen molar-refractivity contribution in [3.63, 3.8) is 0 Å². The van der Waals surface area contributed by atoms with Gasteiger partial charge in [-0.25, -0.2) is 9.37 Å². The van der Waals surface area contributed by atoms with Crippen LogP contribution < -0.4 is 0 Å². The molecule has 0 atom stereocenters. The first-order chi connectivity index (χ1) is 10.2. The first-order valence-electron chi connectivity index (χ1n) is 7.41. The lowest BCUT2D eigenvalue weighted by atomic mass is 9.40. The molecule has 0 radical (unpaired) electrons. The highest BCUT2D eigenvalue weighted by Gasteiger charge is 2.69. The van der Waals surface area contributed by atoms with Gasteiger partial charge >= 0.3 is 0 Å². The van der Waals surface area contributed by atoms with Gasteiger partial charge in [-0.3, -0.25) is 0 Å². The number of hydrogen-bond acceptors (Lipinski definition) is 1. The van der Waals surface area contributed by atoms with E-state index in [4.69, 9.17) is 0 Å². The minimum absolute atomic E-state index is 0.140. The van der Waals surface area contributed by atoms with Gasteiger partial charge in [0, 0.05) is 11.0 Å². The second-order valence-corrected chi connectivity index (χ2v) is 6.64. The lowest BCUT2D eigenvalue weighted by molar-refractivity contribution is -0.158. The molecule has 0 saturated heterocycles. The van der Waals surface area contributed by atoms with Crippen molar-refractivity contribution in [2.24, 2.45) is 0 Å². The van der Waals surface area contributed by atoms with Crippen LogP contribution in [0.25, 0.3) is 22.4 Å². The maximum atomic E-state index is 13.6. The van der Waals surface area contributed by atoms with Gasteiger partial charge in [-0.1, -0.05) is 36.4 Å². The zero-order valence-corrected chi connectivity index (χ0v) is 11.6. The van der Waals surface area contributed by atoms with Crippen LogP contribution in [0.4, 0.5) is 4.39 Å². The quantitative estimate of drug-likeness (QED) is 0.740. The Morgan fingerprint density at radius 2 is 1.67 bits per heavy atom. The number of alkyl halides is 1. The average molecular weight is 278 g/mol. The van der Waals surface area contributed by atoms with E-state index in [2.05, 4.69) is 34.2 Å². The summed E-state index contributed by atoms with van der Waals surface area (Å²) in [6, 6.07) is 16.5. The van der Waals surface area contributed by atoms with Crippen LogP contribution in [0.3, 0.4) is 0 Å². The maximum absolute atomic E-state index is 13.6. The summed E-state index contributed by atoms with van der Waals surface area (Å²) in [5, 5.41) is 0. The zero-order valence-electron chi connectivity index (χ0n) is 11.6. The SMILES string of the molecule is FC12CC(c3ccc(-c4nc5ccccc5[nH]4)cc3)(C1)C2. The Balaban J connectivity index is 1.50. The molecule has 0 unspecified atom stereocenters. The van der Waals surface area contributed by atoms with E-state index in [0.717, 1.165) is 22.4 Å². The number of para-hydroxylation sites is 2. The molecular weight excluding hydrogens is 263 g/mol. The molecule has 3 aliphatic carbocycles. The molecule has 0 aliphatic heterocycles. The Hall–Kier alpha value is -2.16. The summed E-state index contributed by atoms with van der Waals surface area (Å²) in [4.78, 5) is 7.96. The number of nitrogens with one attached hydrogen (secondary N) is 1. The van der Waals surface area contributed by atoms with Crippen LogP contribution in [-0.2, 0) is 5.41 Å². The molecule has 0 amide bonds. The van der Waals surface area contributed by atoms with Crippen molar-refractivity contribution >= 4 is 11.0 Å². The average Bonchev–Trinajstić information content (AvgIpc) is 2.87. The topological polar surface area (TPSA) is 28.7 Å². The normalized spacial score (nSPS) is 30.0. The van der Waals surface area contributed by atoms with Crippen LogP contribution >= 0.6 is 0 Å². The fourth-order valence-electron chi connectivity index (χ4n) is 4.04. The highest BCUT2D eigenvalue weighted by atomic mass is 19.1. The summed E-state index contributed by atoms with van der Waals surface area (Å²) in [6.45, 7) is 0. The molecule has 3 fully saturated rings. The zero-order chi connectivity index (χ0) is 14.1. The van der Waals surface area contributed by atoms with Crippen LogP contribution in [0.1, 0.15) is 24.8 Å². The minimum atomic E-state index is -0.836. The van der Waals surface area contributed by atoms with Gasteiger partial charge in [0.05, 0.1) is 11.0 Å². The standard InChI is InChI=1S/C18H15FN2/c19-18-9-17(10-18,11-18)13-7-5-12(6-8-13)16-20-14-3-1-2-4-15(14)21-16/h1-8H,9-11H2,(H,20,21). The molecule has 3 aromatic rings. The number of fused-ring (bicyclic) bond motifs is 1. The highest BCUT2D eigenvalue weighted by Crippen LogP contribution is 2.69. The molecule has 2 nitrogen and oxygen atoms in total. The van der Waals surface area contributed by atoms with Crippen molar-refractivity contribution in [1.82, 2.24) is 9.97 Å². The van der Waals surface area contributed by atoms with Gasteiger partial charge in [-0.05, 0) is 37.0 Å². The predicted octanol–water partition coefficient (Wildman–Crippen LogP) is 4.37. The number of aromatic amines is 1. The maximum Gasteiger partial charge on any atom is 0.138 e. The number of hydrogen-bond donors (Lipinski definition) is 1. The number of benzene rings is 2. The summed E-state index contributed by atoms with van der Waals surface area (Å²) in [6.07, 6.45) is 2.14. The third-order valence-corrected chi connectivity index (χ3v) is 5.13. The Morgan fingerprint density at radius 3 is 2.33 bits per heavy atom. The summed E-state index contributed by atoms with van der Waals surface area (Å²) in [5.74, 6) is 0.891. The number of rotatable bonds is 2. The third kappa shape index (κ3) is 1.49. The molecular formula is C18H15FN2. The molecule has 2 aromatic carbocycles. The molecule has 21 heavy (non-hydrogen) atoms. The van der Waals surface area contributed by atoms with Crippen molar-refractivity contribution in [2.75, 3.05) is 0 Å². The summed E-state index contributed by atoms with van der Waals surface area (Å²) in [5.41, 5.74) is 3.70. The molecule has 1 N–H and O–H groups in total. The highest BCUT2D eigenvalue weighted by molar-refractivity contribution is 5.79. The van der Waals surface area contributed by atoms with E-state index in [9.17, 15) is 4.39 Å². The lowest BCUT2D eigenvalue weighted by Gasteiger charge is -2.66. The molecule has 0 spiro atoms. The number of imidazole rings is 1. The van der Waals surface area contributed by atoms with Crippen LogP contribution in [-0.4, -0.2) is 15.6 Å². The van der Waals surface area contributed by atoms with E-state index < -0.39 is 5.67 Å². The van der Waals surface area contributed by atoms with Gasteiger partial charge in [0.2, 0.25) is 0 Å². The molecule has 3 saturated carbocycles. The largest absolute Gasteiger partial charge is 0.338 e. The molecule has 6 rings (SSSR count). The second kappa shape index (κ2) is 3.53.